The van der Waals surface area contributed by atoms with Gasteiger partial charge in [-0.15, -0.1) is 0 Å². The molecule has 1 aliphatic carbocycles. The van der Waals surface area contributed by atoms with E-state index >= 15 is 0 Å². The molecule has 2 aromatic rings. The van der Waals surface area contributed by atoms with Gasteiger partial charge in [0, 0.05) is 6.04 Å². The molecule has 1 saturated carbocycles. The quantitative estimate of drug-likeness (QED) is 0.891. The molecule has 2 atom stereocenters. The van der Waals surface area contributed by atoms with Gasteiger partial charge < -0.3 is 10.4 Å². The van der Waals surface area contributed by atoms with Gasteiger partial charge in [0.05, 0.1) is 12.1 Å². The molecule has 104 valence electrons. The van der Waals surface area contributed by atoms with E-state index in [4.69, 9.17) is 0 Å². The van der Waals surface area contributed by atoms with Gasteiger partial charge in [-0.2, -0.15) is 0 Å². The molecular weight excluding hydrogens is 246 g/mol. The van der Waals surface area contributed by atoms with Crippen LogP contribution in [-0.4, -0.2) is 17.3 Å². The fourth-order valence-electron chi connectivity index (χ4n) is 3.02. The van der Waals surface area contributed by atoms with Crippen molar-refractivity contribution in [2.75, 3.05) is 0 Å². The Morgan fingerprint density at radius 3 is 1.85 bits per heavy atom. The van der Waals surface area contributed by atoms with Gasteiger partial charge >= 0.3 is 0 Å². The summed E-state index contributed by atoms with van der Waals surface area (Å²) in [6.45, 7) is 0. The van der Waals surface area contributed by atoms with E-state index in [0.717, 1.165) is 19.3 Å². The average molecular weight is 267 g/mol. The van der Waals surface area contributed by atoms with Crippen LogP contribution in [0.4, 0.5) is 0 Å². The van der Waals surface area contributed by atoms with E-state index in [1.807, 2.05) is 12.1 Å². The summed E-state index contributed by atoms with van der Waals surface area (Å²) in [5.74, 6) is 0. The first-order chi connectivity index (χ1) is 9.84. The molecule has 2 heteroatoms. The molecule has 0 saturated heterocycles. The van der Waals surface area contributed by atoms with Crippen LogP contribution < -0.4 is 5.32 Å². The first-order valence-electron chi connectivity index (χ1n) is 7.38. The van der Waals surface area contributed by atoms with E-state index in [-0.39, 0.29) is 18.2 Å². The van der Waals surface area contributed by atoms with Gasteiger partial charge in [0.2, 0.25) is 0 Å². The number of aliphatic hydroxyl groups excluding tert-OH is 1. The lowest BCUT2D eigenvalue weighted by atomic mass is 9.97. The third-order valence-corrected chi connectivity index (χ3v) is 4.13. The molecular formula is C18H21NO. The second-order valence-electron chi connectivity index (χ2n) is 5.53. The third-order valence-electron chi connectivity index (χ3n) is 4.13. The van der Waals surface area contributed by atoms with Crippen molar-refractivity contribution in [1.29, 1.82) is 0 Å². The van der Waals surface area contributed by atoms with Crippen molar-refractivity contribution >= 4 is 0 Å². The van der Waals surface area contributed by atoms with Gasteiger partial charge in [-0.3, -0.25) is 0 Å². The molecule has 1 fully saturated rings. The fraction of sp³-hybridized carbons (Fsp3) is 0.333. The summed E-state index contributed by atoms with van der Waals surface area (Å²) < 4.78 is 0. The highest BCUT2D eigenvalue weighted by atomic mass is 16.3. The zero-order valence-corrected chi connectivity index (χ0v) is 11.6. The maximum Gasteiger partial charge on any atom is 0.0693 e. The van der Waals surface area contributed by atoms with E-state index in [9.17, 15) is 5.11 Å². The maximum absolute atomic E-state index is 10.1. The first kappa shape index (κ1) is 13.3. The van der Waals surface area contributed by atoms with Gasteiger partial charge in [0.25, 0.3) is 0 Å². The van der Waals surface area contributed by atoms with Crippen molar-refractivity contribution in [1.82, 2.24) is 5.32 Å². The second kappa shape index (κ2) is 6.21. The number of hydrogen-bond donors (Lipinski definition) is 2. The van der Waals surface area contributed by atoms with E-state index in [1.54, 1.807) is 0 Å². The molecule has 20 heavy (non-hydrogen) atoms. The van der Waals surface area contributed by atoms with Crippen LogP contribution in [0.2, 0.25) is 0 Å². The fourth-order valence-corrected chi connectivity index (χ4v) is 3.02. The van der Waals surface area contributed by atoms with Crippen LogP contribution in [0.5, 0.6) is 0 Å². The zero-order valence-electron chi connectivity index (χ0n) is 11.6. The molecule has 2 aromatic carbocycles. The Labute approximate surface area is 120 Å². The van der Waals surface area contributed by atoms with Crippen molar-refractivity contribution in [3.8, 4) is 0 Å². The highest BCUT2D eigenvalue weighted by Gasteiger charge is 2.28. The summed E-state index contributed by atoms with van der Waals surface area (Å²) >= 11 is 0. The normalized spacial score (nSPS) is 22.3. The van der Waals surface area contributed by atoms with Crippen LogP contribution >= 0.6 is 0 Å². The molecule has 0 spiro atoms. The van der Waals surface area contributed by atoms with Crippen LogP contribution in [0, 0.1) is 0 Å². The Balaban J connectivity index is 1.88. The Morgan fingerprint density at radius 1 is 0.850 bits per heavy atom. The summed E-state index contributed by atoms with van der Waals surface area (Å²) in [5, 5.41) is 13.7. The molecule has 0 heterocycles. The molecule has 2 N–H and O–H groups in total. The number of nitrogens with one attached hydrogen (secondary N) is 1. The largest absolute Gasteiger partial charge is 0.392 e. The molecule has 0 amide bonds. The Bertz CT molecular complexity index is 486. The highest BCUT2D eigenvalue weighted by molar-refractivity contribution is 5.31. The van der Waals surface area contributed by atoms with Gasteiger partial charge in [0.1, 0.15) is 0 Å². The van der Waals surface area contributed by atoms with Crippen molar-refractivity contribution in [2.24, 2.45) is 0 Å². The molecule has 0 aliphatic heterocycles. The van der Waals surface area contributed by atoms with Gasteiger partial charge in [-0.05, 0) is 30.4 Å². The van der Waals surface area contributed by atoms with Gasteiger partial charge in [-0.1, -0.05) is 60.7 Å². The summed E-state index contributed by atoms with van der Waals surface area (Å²) in [7, 11) is 0. The Kier molecular flexibility index (Phi) is 4.14. The minimum Gasteiger partial charge on any atom is -0.392 e. The van der Waals surface area contributed by atoms with E-state index < -0.39 is 0 Å². The molecule has 2 unspecified atom stereocenters. The van der Waals surface area contributed by atoms with Crippen molar-refractivity contribution in [2.45, 2.75) is 37.5 Å². The van der Waals surface area contributed by atoms with Gasteiger partial charge in [-0.25, -0.2) is 0 Å². The van der Waals surface area contributed by atoms with Crippen molar-refractivity contribution in [3.63, 3.8) is 0 Å². The molecule has 0 aromatic heterocycles. The van der Waals surface area contributed by atoms with E-state index in [0.29, 0.717) is 0 Å². The predicted octanol–water partition coefficient (Wildman–Crippen LogP) is 3.28. The molecule has 0 radical (unpaired) electrons. The lowest BCUT2D eigenvalue weighted by Crippen LogP contribution is -2.38. The van der Waals surface area contributed by atoms with Crippen LogP contribution in [0.25, 0.3) is 0 Å². The second-order valence-corrected chi connectivity index (χ2v) is 5.53. The molecule has 3 rings (SSSR count). The molecule has 2 nitrogen and oxygen atoms in total. The van der Waals surface area contributed by atoms with Crippen LogP contribution in [-0.2, 0) is 0 Å². The maximum atomic E-state index is 10.1. The smallest absolute Gasteiger partial charge is 0.0693 e. The zero-order chi connectivity index (χ0) is 13.8. The third kappa shape index (κ3) is 2.92. The first-order valence-corrected chi connectivity index (χ1v) is 7.38. The lowest BCUT2D eigenvalue weighted by Gasteiger charge is -2.26. The SMILES string of the molecule is OC1CCCC1NC(c1ccccc1)c1ccccc1. The number of hydrogen-bond acceptors (Lipinski definition) is 2. The summed E-state index contributed by atoms with van der Waals surface area (Å²) in [4.78, 5) is 0. The number of benzene rings is 2. The average Bonchev–Trinajstić information content (AvgIpc) is 2.92. The summed E-state index contributed by atoms with van der Waals surface area (Å²) in [6.07, 6.45) is 2.85. The Hall–Kier alpha value is -1.64. The number of rotatable bonds is 4. The van der Waals surface area contributed by atoms with E-state index in [2.05, 4.69) is 53.8 Å². The van der Waals surface area contributed by atoms with Crippen LogP contribution in [0.1, 0.15) is 36.4 Å². The lowest BCUT2D eigenvalue weighted by molar-refractivity contribution is 0.145. The predicted molar refractivity (Wildman–Crippen MR) is 81.5 cm³/mol. The minimum absolute atomic E-state index is 0.148. The standard InChI is InChI=1S/C18H21NO/c20-17-13-7-12-16(17)19-18(14-8-3-1-4-9-14)15-10-5-2-6-11-15/h1-6,8-11,16-20H,7,12-13H2. The van der Waals surface area contributed by atoms with Crippen LogP contribution in [0.3, 0.4) is 0 Å². The summed E-state index contributed by atoms with van der Waals surface area (Å²) in [5.41, 5.74) is 2.50. The van der Waals surface area contributed by atoms with E-state index in [1.165, 1.54) is 11.1 Å². The van der Waals surface area contributed by atoms with Crippen LogP contribution in [0.15, 0.2) is 60.7 Å². The number of aliphatic hydroxyl groups is 1. The van der Waals surface area contributed by atoms with Crippen molar-refractivity contribution in [3.05, 3.63) is 71.8 Å². The van der Waals surface area contributed by atoms with Crippen molar-refractivity contribution < 1.29 is 5.11 Å². The highest BCUT2D eigenvalue weighted by Crippen LogP contribution is 2.27. The monoisotopic (exact) mass is 267 g/mol. The Morgan fingerprint density at radius 2 is 1.40 bits per heavy atom. The summed E-state index contributed by atoms with van der Waals surface area (Å²) in [6, 6.07) is 21.3. The molecule has 1 aliphatic rings. The van der Waals surface area contributed by atoms with Gasteiger partial charge in [0.15, 0.2) is 0 Å². The topological polar surface area (TPSA) is 32.3 Å². The molecule has 0 bridgehead atoms. The minimum atomic E-state index is -0.218.